The average Bonchev–Trinajstić information content (AvgIpc) is 2.31. The van der Waals surface area contributed by atoms with E-state index in [2.05, 4.69) is 18.8 Å². The van der Waals surface area contributed by atoms with Crippen LogP contribution in [0.4, 0.5) is 4.39 Å². The van der Waals surface area contributed by atoms with Crippen LogP contribution in [0.5, 0.6) is 0 Å². The van der Waals surface area contributed by atoms with Crippen molar-refractivity contribution in [3.05, 3.63) is 15.6 Å². The minimum atomic E-state index is -0.435. The van der Waals surface area contributed by atoms with E-state index in [1.165, 1.54) is 0 Å². The maximum Gasteiger partial charge on any atom is 0.133 e. The van der Waals surface area contributed by atoms with Gasteiger partial charge in [-0.1, -0.05) is 13.8 Å². The maximum atomic E-state index is 12.2. The Kier molecular flexibility index (Phi) is 2.60. The van der Waals surface area contributed by atoms with Crippen molar-refractivity contribution >= 4 is 11.3 Å². The molecule has 62 valence electrons. The maximum absolute atomic E-state index is 12.2. The molecule has 1 rings (SSSR count). The van der Waals surface area contributed by atoms with E-state index in [0.717, 1.165) is 9.88 Å². The molecule has 1 aromatic heterocycles. The van der Waals surface area contributed by atoms with E-state index in [1.807, 2.05) is 6.92 Å². The first-order valence-electron chi connectivity index (χ1n) is 3.67. The van der Waals surface area contributed by atoms with Gasteiger partial charge in [0.15, 0.2) is 0 Å². The summed E-state index contributed by atoms with van der Waals surface area (Å²) in [6, 6.07) is 0. The van der Waals surface area contributed by atoms with E-state index in [-0.39, 0.29) is 0 Å². The summed E-state index contributed by atoms with van der Waals surface area (Å²) in [5.41, 5.74) is 0.610. The fourth-order valence-electron chi connectivity index (χ4n) is 0.821. The van der Waals surface area contributed by atoms with E-state index < -0.39 is 6.67 Å². The molecule has 1 aromatic rings. The third kappa shape index (κ3) is 1.77. The molecule has 0 aromatic carbocycles. The van der Waals surface area contributed by atoms with Crippen molar-refractivity contribution in [1.82, 2.24) is 4.98 Å². The lowest BCUT2D eigenvalue weighted by atomic mass is 10.2. The third-order valence-corrected chi connectivity index (χ3v) is 2.84. The van der Waals surface area contributed by atoms with Crippen LogP contribution in [0.1, 0.15) is 35.3 Å². The van der Waals surface area contributed by atoms with Gasteiger partial charge in [0.2, 0.25) is 0 Å². The van der Waals surface area contributed by atoms with Crippen molar-refractivity contribution < 1.29 is 4.39 Å². The largest absolute Gasteiger partial charge is 0.244 e. The molecule has 0 saturated carbocycles. The van der Waals surface area contributed by atoms with E-state index in [1.54, 1.807) is 11.3 Å². The molecule has 0 atom stereocenters. The van der Waals surface area contributed by atoms with Crippen LogP contribution >= 0.6 is 11.3 Å². The second-order valence-corrected chi connectivity index (χ2v) is 4.08. The quantitative estimate of drug-likeness (QED) is 0.669. The number of hydrogen-bond donors (Lipinski definition) is 0. The highest BCUT2D eigenvalue weighted by atomic mass is 32.1. The zero-order valence-electron chi connectivity index (χ0n) is 7.02. The second kappa shape index (κ2) is 3.30. The summed E-state index contributed by atoms with van der Waals surface area (Å²) < 4.78 is 12.2. The Bertz CT molecular complexity index is 242. The number of thiazole rings is 1. The molecule has 0 N–H and O–H groups in total. The molecule has 0 aliphatic heterocycles. The first-order valence-corrected chi connectivity index (χ1v) is 4.49. The summed E-state index contributed by atoms with van der Waals surface area (Å²) in [6.07, 6.45) is 0. The topological polar surface area (TPSA) is 12.9 Å². The summed E-state index contributed by atoms with van der Waals surface area (Å²) in [5.74, 6) is 0.416. The van der Waals surface area contributed by atoms with Crippen LogP contribution in [0.15, 0.2) is 0 Å². The highest BCUT2D eigenvalue weighted by Crippen LogP contribution is 2.24. The van der Waals surface area contributed by atoms with Crippen molar-refractivity contribution in [2.45, 2.75) is 33.4 Å². The lowest BCUT2D eigenvalue weighted by Crippen LogP contribution is -1.86. The van der Waals surface area contributed by atoms with Gasteiger partial charge in [0.05, 0.1) is 10.7 Å². The molecule has 0 aliphatic rings. The van der Waals surface area contributed by atoms with Crippen LogP contribution in [0.3, 0.4) is 0 Å². The fourth-order valence-corrected chi connectivity index (χ4v) is 1.74. The van der Waals surface area contributed by atoms with Gasteiger partial charge in [-0.3, -0.25) is 0 Å². The molecule has 3 heteroatoms. The number of aromatic nitrogens is 1. The molecule has 11 heavy (non-hydrogen) atoms. The van der Waals surface area contributed by atoms with E-state index in [4.69, 9.17) is 0 Å². The Balaban J connectivity index is 2.95. The molecule has 0 bridgehead atoms. The van der Waals surface area contributed by atoms with Crippen LogP contribution in [0.2, 0.25) is 0 Å². The molecular formula is C8H12FNS. The van der Waals surface area contributed by atoms with Crippen LogP contribution in [0, 0.1) is 6.92 Å². The molecule has 0 radical (unpaired) electrons. The Morgan fingerprint density at radius 3 is 2.45 bits per heavy atom. The first kappa shape index (κ1) is 8.65. The van der Waals surface area contributed by atoms with Gasteiger partial charge in [-0.05, 0) is 6.92 Å². The van der Waals surface area contributed by atoms with Crippen molar-refractivity contribution in [2.24, 2.45) is 0 Å². The smallest absolute Gasteiger partial charge is 0.133 e. The molecule has 0 saturated heterocycles. The third-order valence-electron chi connectivity index (χ3n) is 1.53. The van der Waals surface area contributed by atoms with Crippen molar-refractivity contribution in [3.63, 3.8) is 0 Å². The Hall–Kier alpha value is -0.440. The van der Waals surface area contributed by atoms with Crippen molar-refractivity contribution in [1.29, 1.82) is 0 Å². The number of aryl methyl sites for hydroxylation is 1. The average molecular weight is 173 g/mol. The van der Waals surface area contributed by atoms with Crippen molar-refractivity contribution in [2.75, 3.05) is 0 Å². The van der Waals surface area contributed by atoms with Crippen LogP contribution < -0.4 is 0 Å². The lowest BCUT2D eigenvalue weighted by molar-refractivity contribution is 0.475. The zero-order chi connectivity index (χ0) is 8.43. The molecule has 1 nitrogen and oxygen atoms in total. The van der Waals surface area contributed by atoms with Gasteiger partial charge in [0.1, 0.15) is 6.67 Å². The summed E-state index contributed by atoms with van der Waals surface area (Å²) in [6.45, 7) is 5.62. The van der Waals surface area contributed by atoms with Gasteiger partial charge in [0.25, 0.3) is 0 Å². The number of hydrogen-bond acceptors (Lipinski definition) is 2. The van der Waals surface area contributed by atoms with E-state index in [9.17, 15) is 4.39 Å². The van der Waals surface area contributed by atoms with Gasteiger partial charge in [-0.2, -0.15) is 0 Å². The van der Waals surface area contributed by atoms with Crippen LogP contribution in [-0.2, 0) is 6.67 Å². The Morgan fingerprint density at radius 1 is 1.55 bits per heavy atom. The van der Waals surface area contributed by atoms with Gasteiger partial charge < -0.3 is 0 Å². The monoisotopic (exact) mass is 173 g/mol. The SMILES string of the molecule is Cc1sc(C(C)C)nc1CF. The van der Waals surface area contributed by atoms with Crippen LogP contribution in [-0.4, -0.2) is 4.98 Å². The standard InChI is InChI=1S/C8H12FNS/c1-5(2)8-10-7(4-9)6(3)11-8/h5H,4H2,1-3H3. The predicted octanol–water partition coefficient (Wildman–Crippen LogP) is 3.04. The number of alkyl halides is 1. The number of halogens is 1. The predicted molar refractivity (Wildman–Crippen MR) is 45.8 cm³/mol. The van der Waals surface area contributed by atoms with Gasteiger partial charge in [-0.25, -0.2) is 9.37 Å². The number of rotatable bonds is 2. The van der Waals surface area contributed by atoms with Crippen molar-refractivity contribution in [3.8, 4) is 0 Å². The number of nitrogens with zero attached hydrogens (tertiary/aromatic N) is 1. The van der Waals surface area contributed by atoms with Gasteiger partial charge >= 0.3 is 0 Å². The van der Waals surface area contributed by atoms with E-state index >= 15 is 0 Å². The summed E-state index contributed by atoms with van der Waals surface area (Å²) in [5, 5.41) is 1.04. The molecule has 0 unspecified atom stereocenters. The Morgan fingerprint density at radius 2 is 2.18 bits per heavy atom. The summed E-state index contributed by atoms with van der Waals surface area (Å²) in [7, 11) is 0. The lowest BCUT2D eigenvalue weighted by Gasteiger charge is -1.94. The molecular weight excluding hydrogens is 161 g/mol. The molecule has 0 aliphatic carbocycles. The van der Waals surface area contributed by atoms with Crippen LogP contribution in [0.25, 0.3) is 0 Å². The molecule has 0 amide bonds. The minimum absolute atomic E-state index is 0.416. The highest BCUT2D eigenvalue weighted by molar-refractivity contribution is 7.11. The molecule has 0 fully saturated rings. The second-order valence-electron chi connectivity index (χ2n) is 2.84. The fraction of sp³-hybridized carbons (Fsp3) is 0.625. The first-order chi connectivity index (χ1) is 5.15. The van der Waals surface area contributed by atoms with E-state index in [0.29, 0.717) is 11.6 Å². The molecule has 1 heterocycles. The Labute approximate surface area is 70.3 Å². The molecule has 0 spiro atoms. The van der Waals surface area contributed by atoms with Gasteiger partial charge in [-0.15, -0.1) is 11.3 Å². The van der Waals surface area contributed by atoms with Gasteiger partial charge in [0, 0.05) is 10.8 Å². The summed E-state index contributed by atoms with van der Waals surface area (Å²) >= 11 is 1.60. The summed E-state index contributed by atoms with van der Waals surface area (Å²) in [4.78, 5) is 5.18. The highest BCUT2D eigenvalue weighted by Gasteiger charge is 2.09. The minimum Gasteiger partial charge on any atom is -0.244 e. The normalized spacial score (nSPS) is 11.0. The zero-order valence-corrected chi connectivity index (χ0v) is 7.83.